The molecule has 0 radical (unpaired) electrons. The van der Waals surface area contributed by atoms with Gasteiger partial charge in [-0.3, -0.25) is 0 Å². The lowest BCUT2D eigenvalue weighted by Crippen LogP contribution is -2.47. The number of benzene rings is 1. The van der Waals surface area contributed by atoms with Gasteiger partial charge in [0, 0.05) is 6.54 Å². The van der Waals surface area contributed by atoms with Crippen LogP contribution in [-0.4, -0.2) is 43.4 Å². The van der Waals surface area contributed by atoms with E-state index in [4.69, 9.17) is 14.5 Å². The minimum Gasteiger partial charge on any atom is -0.489 e. The van der Waals surface area contributed by atoms with Crippen molar-refractivity contribution < 1.29 is 9.47 Å². The molecule has 0 spiro atoms. The molecule has 2 fully saturated rings. The number of aliphatic imine (C=N–C) groups is 1. The minimum atomic E-state index is 0. The summed E-state index contributed by atoms with van der Waals surface area (Å²) in [5.41, 5.74) is 1.20. The van der Waals surface area contributed by atoms with Crippen LogP contribution in [0.1, 0.15) is 38.7 Å². The summed E-state index contributed by atoms with van der Waals surface area (Å²) in [6, 6.07) is 8.51. The van der Waals surface area contributed by atoms with E-state index in [-0.39, 0.29) is 30.1 Å². The van der Waals surface area contributed by atoms with Gasteiger partial charge in [-0.2, -0.15) is 0 Å². The lowest BCUT2D eigenvalue weighted by Gasteiger charge is -2.23. The number of guanidine groups is 1. The van der Waals surface area contributed by atoms with Crippen LogP contribution in [0.25, 0.3) is 0 Å². The van der Waals surface area contributed by atoms with Crippen LogP contribution in [0.4, 0.5) is 0 Å². The first-order valence-electron chi connectivity index (χ1n) is 9.07. The number of ether oxygens (including phenoxy) is 2. The Hall–Kier alpha value is -1.02. The molecule has 140 valence electrons. The van der Waals surface area contributed by atoms with Gasteiger partial charge in [0.15, 0.2) is 5.96 Å². The second-order valence-corrected chi connectivity index (χ2v) is 6.83. The van der Waals surface area contributed by atoms with E-state index in [1.54, 1.807) is 0 Å². The van der Waals surface area contributed by atoms with Gasteiger partial charge in [-0.25, -0.2) is 4.99 Å². The Morgan fingerprint density at radius 2 is 2.24 bits per heavy atom. The third-order valence-corrected chi connectivity index (χ3v) is 4.61. The van der Waals surface area contributed by atoms with Gasteiger partial charge >= 0.3 is 0 Å². The van der Waals surface area contributed by atoms with Crippen LogP contribution in [0.3, 0.4) is 0 Å². The Kier molecular flexibility index (Phi) is 7.81. The van der Waals surface area contributed by atoms with Crippen LogP contribution in [0.15, 0.2) is 29.3 Å². The van der Waals surface area contributed by atoms with Crippen LogP contribution in [0.5, 0.6) is 5.75 Å². The molecule has 2 aliphatic heterocycles. The summed E-state index contributed by atoms with van der Waals surface area (Å²) in [7, 11) is 0. The highest BCUT2D eigenvalue weighted by atomic mass is 127. The Morgan fingerprint density at radius 1 is 1.40 bits per heavy atom. The van der Waals surface area contributed by atoms with Crippen molar-refractivity contribution in [3.8, 4) is 5.75 Å². The maximum absolute atomic E-state index is 5.96. The van der Waals surface area contributed by atoms with Crippen molar-refractivity contribution in [3.63, 3.8) is 0 Å². The highest BCUT2D eigenvalue weighted by Gasteiger charge is 2.41. The summed E-state index contributed by atoms with van der Waals surface area (Å²) in [5, 5.41) is 6.86. The van der Waals surface area contributed by atoms with E-state index in [2.05, 4.69) is 43.5 Å². The molecule has 4 unspecified atom stereocenters. The van der Waals surface area contributed by atoms with Gasteiger partial charge in [0.25, 0.3) is 0 Å². The van der Waals surface area contributed by atoms with Gasteiger partial charge in [-0.05, 0) is 57.7 Å². The van der Waals surface area contributed by atoms with Crippen molar-refractivity contribution in [2.45, 2.75) is 64.4 Å². The Balaban J connectivity index is 0.00000225. The van der Waals surface area contributed by atoms with E-state index in [9.17, 15) is 0 Å². The molecule has 2 heterocycles. The fourth-order valence-electron chi connectivity index (χ4n) is 3.46. The number of halogens is 1. The zero-order valence-electron chi connectivity index (χ0n) is 15.3. The monoisotopic (exact) mass is 459 g/mol. The fourth-order valence-corrected chi connectivity index (χ4v) is 3.46. The maximum Gasteiger partial charge on any atom is 0.191 e. The molecule has 6 heteroatoms. The summed E-state index contributed by atoms with van der Waals surface area (Å²) >= 11 is 0. The van der Waals surface area contributed by atoms with Crippen molar-refractivity contribution in [2.24, 2.45) is 4.99 Å². The normalized spacial score (nSPS) is 26.0. The molecule has 0 amide bonds. The minimum absolute atomic E-state index is 0. The van der Waals surface area contributed by atoms with Crippen molar-refractivity contribution >= 4 is 29.9 Å². The molecule has 2 saturated heterocycles. The number of fused-ring (bicyclic) bond motifs is 2. The molecule has 2 N–H and O–H groups in total. The Bertz CT molecular complexity index is 582. The third kappa shape index (κ3) is 5.74. The highest BCUT2D eigenvalue weighted by Crippen LogP contribution is 2.34. The standard InChI is InChI=1S/C19H29N3O2.HI/c1-4-20-19(22-17-11-16-8-9-18(17)24-16)21-12-14(3)23-15-7-5-6-13(2)10-15;/h5-7,10,14,16-18H,4,8-9,11-12H2,1-3H3,(H2,20,21,22);1H. The lowest BCUT2D eigenvalue weighted by atomic mass is 9.96. The number of hydrogen-bond donors (Lipinski definition) is 2. The number of hydrogen-bond acceptors (Lipinski definition) is 3. The summed E-state index contributed by atoms with van der Waals surface area (Å²) in [6.07, 6.45) is 4.27. The molecule has 1 aromatic carbocycles. The first kappa shape index (κ1) is 20.3. The van der Waals surface area contributed by atoms with Crippen molar-refractivity contribution in [1.82, 2.24) is 10.6 Å². The predicted octanol–water partition coefficient (Wildman–Crippen LogP) is 3.26. The summed E-state index contributed by atoms with van der Waals surface area (Å²) in [5.74, 6) is 1.76. The second kappa shape index (κ2) is 9.62. The average Bonchev–Trinajstić information content (AvgIpc) is 3.15. The lowest BCUT2D eigenvalue weighted by molar-refractivity contribution is 0.0992. The van der Waals surface area contributed by atoms with Crippen LogP contribution in [0, 0.1) is 6.92 Å². The van der Waals surface area contributed by atoms with Crippen LogP contribution in [-0.2, 0) is 4.74 Å². The van der Waals surface area contributed by atoms with Crippen LogP contribution >= 0.6 is 24.0 Å². The second-order valence-electron chi connectivity index (χ2n) is 6.83. The summed E-state index contributed by atoms with van der Waals surface area (Å²) in [6.45, 7) is 7.67. The number of nitrogens with one attached hydrogen (secondary N) is 2. The SMILES string of the molecule is CCNC(=NCC(C)Oc1cccc(C)c1)NC1CC2CCC1O2.I. The van der Waals surface area contributed by atoms with Gasteiger partial charge in [-0.1, -0.05) is 12.1 Å². The van der Waals surface area contributed by atoms with Gasteiger partial charge in [0.05, 0.1) is 24.8 Å². The number of rotatable bonds is 6. The molecular formula is C19H30IN3O2. The summed E-state index contributed by atoms with van der Waals surface area (Å²) < 4.78 is 11.9. The zero-order chi connectivity index (χ0) is 16.9. The first-order chi connectivity index (χ1) is 11.6. The molecule has 2 bridgehead atoms. The molecule has 0 aliphatic carbocycles. The van der Waals surface area contributed by atoms with Gasteiger partial charge in [-0.15, -0.1) is 24.0 Å². The fraction of sp³-hybridized carbons (Fsp3) is 0.632. The quantitative estimate of drug-likeness (QED) is 0.390. The molecule has 4 atom stereocenters. The predicted molar refractivity (Wildman–Crippen MR) is 112 cm³/mol. The number of aryl methyl sites for hydroxylation is 1. The Labute approximate surface area is 168 Å². The molecule has 2 aliphatic rings. The molecule has 3 rings (SSSR count). The van der Waals surface area contributed by atoms with E-state index < -0.39 is 0 Å². The molecule has 25 heavy (non-hydrogen) atoms. The molecular weight excluding hydrogens is 429 g/mol. The van der Waals surface area contributed by atoms with Crippen molar-refractivity contribution in [2.75, 3.05) is 13.1 Å². The molecule has 1 aromatic rings. The van der Waals surface area contributed by atoms with Crippen LogP contribution < -0.4 is 15.4 Å². The molecule has 0 saturated carbocycles. The van der Waals surface area contributed by atoms with Gasteiger partial charge < -0.3 is 20.1 Å². The van der Waals surface area contributed by atoms with Crippen LogP contribution in [0.2, 0.25) is 0 Å². The zero-order valence-corrected chi connectivity index (χ0v) is 17.7. The van der Waals surface area contributed by atoms with E-state index in [0.717, 1.165) is 31.1 Å². The Morgan fingerprint density at radius 3 is 2.88 bits per heavy atom. The highest BCUT2D eigenvalue weighted by molar-refractivity contribution is 14.0. The molecule has 5 nitrogen and oxygen atoms in total. The van der Waals surface area contributed by atoms with Crippen molar-refractivity contribution in [1.29, 1.82) is 0 Å². The average molecular weight is 459 g/mol. The molecule has 0 aromatic heterocycles. The van der Waals surface area contributed by atoms with E-state index in [0.29, 0.717) is 24.8 Å². The third-order valence-electron chi connectivity index (χ3n) is 4.61. The largest absolute Gasteiger partial charge is 0.489 e. The maximum atomic E-state index is 5.96. The first-order valence-corrected chi connectivity index (χ1v) is 9.07. The number of nitrogens with zero attached hydrogens (tertiary/aromatic N) is 1. The van der Waals surface area contributed by atoms with Crippen molar-refractivity contribution in [3.05, 3.63) is 29.8 Å². The van der Waals surface area contributed by atoms with Gasteiger partial charge in [0.1, 0.15) is 11.9 Å². The van der Waals surface area contributed by atoms with Gasteiger partial charge in [0.2, 0.25) is 0 Å². The summed E-state index contributed by atoms with van der Waals surface area (Å²) in [4.78, 5) is 4.69. The smallest absolute Gasteiger partial charge is 0.191 e. The van der Waals surface area contributed by atoms with E-state index in [1.807, 2.05) is 12.1 Å². The van der Waals surface area contributed by atoms with E-state index in [1.165, 1.54) is 12.0 Å². The topological polar surface area (TPSA) is 54.9 Å². The van der Waals surface area contributed by atoms with E-state index >= 15 is 0 Å².